The molecule has 5 heteroatoms. The van der Waals surface area contributed by atoms with Gasteiger partial charge in [0.25, 0.3) is 5.91 Å². The van der Waals surface area contributed by atoms with E-state index in [1.807, 2.05) is 23.6 Å². The van der Waals surface area contributed by atoms with E-state index >= 15 is 0 Å². The Bertz CT molecular complexity index is 630. The second-order valence-corrected chi connectivity index (χ2v) is 7.83. The molecule has 0 aliphatic carbocycles. The van der Waals surface area contributed by atoms with E-state index in [9.17, 15) is 4.79 Å². The first-order valence-electron chi connectivity index (χ1n) is 7.63. The molecule has 3 rings (SSSR count). The van der Waals surface area contributed by atoms with E-state index in [-0.39, 0.29) is 5.91 Å². The monoisotopic (exact) mass is 378 g/mol. The van der Waals surface area contributed by atoms with Gasteiger partial charge in [-0.1, -0.05) is 12.8 Å². The van der Waals surface area contributed by atoms with Crippen LogP contribution in [0.25, 0.3) is 0 Å². The second kappa shape index (κ2) is 7.29. The van der Waals surface area contributed by atoms with Gasteiger partial charge >= 0.3 is 0 Å². The third-order valence-corrected chi connectivity index (χ3v) is 5.43. The quantitative estimate of drug-likeness (QED) is 0.801. The lowest BCUT2D eigenvalue weighted by atomic mass is 10.2. The predicted octanol–water partition coefficient (Wildman–Crippen LogP) is 5.14. The van der Waals surface area contributed by atoms with Gasteiger partial charge in [-0.05, 0) is 59.1 Å². The molecule has 1 N–H and O–H groups in total. The van der Waals surface area contributed by atoms with E-state index in [2.05, 4.69) is 38.3 Å². The van der Waals surface area contributed by atoms with Crippen LogP contribution < -0.4 is 10.2 Å². The zero-order chi connectivity index (χ0) is 15.4. The number of halogens is 1. The molecule has 1 saturated heterocycles. The molecule has 0 bridgehead atoms. The number of anilines is 2. The third kappa shape index (κ3) is 3.90. The number of rotatable bonds is 3. The van der Waals surface area contributed by atoms with Gasteiger partial charge in [-0.2, -0.15) is 0 Å². The summed E-state index contributed by atoms with van der Waals surface area (Å²) < 4.78 is 0.967. The summed E-state index contributed by atoms with van der Waals surface area (Å²) in [6, 6.07) is 10.0. The Labute approximate surface area is 143 Å². The zero-order valence-electron chi connectivity index (χ0n) is 12.3. The Morgan fingerprint density at radius 3 is 2.36 bits per heavy atom. The van der Waals surface area contributed by atoms with E-state index in [0.29, 0.717) is 5.56 Å². The van der Waals surface area contributed by atoms with Crippen LogP contribution in [-0.2, 0) is 0 Å². The van der Waals surface area contributed by atoms with E-state index in [0.717, 1.165) is 22.6 Å². The fourth-order valence-corrected chi connectivity index (χ4v) is 3.85. The van der Waals surface area contributed by atoms with Crippen LogP contribution in [0.4, 0.5) is 11.4 Å². The number of hydrogen-bond acceptors (Lipinski definition) is 3. The highest BCUT2D eigenvalue weighted by Crippen LogP contribution is 2.24. The minimum Gasteiger partial charge on any atom is -0.372 e. The highest BCUT2D eigenvalue weighted by molar-refractivity contribution is 9.11. The summed E-state index contributed by atoms with van der Waals surface area (Å²) >= 11 is 4.89. The van der Waals surface area contributed by atoms with Crippen molar-refractivity contribution in [3.8, 4) is 0 Å². The summed E-state index contributed by atoms with van der Waals surface area (Å²) in [5, 5.41) is 4.79. The number of thiophene rings is 1. The fraction of sp³-hybridized carbons (Fsp3) is 0.353. The Morgan fingerprint density at radius 1 is 1.09 bits per heavy atom. The molecule has 1 aromatic carbocycles. The van der Waals surface area contributed by atoms with Crippen LogP contribution in [0.3, 0.4) is 0 Å². The van der Waals surface area contributed by atoms with Gasteiger partial charge in [0.1, 0.15) is 0 Å². The Morgan fingerprint density at radius 2 is 1.77 bits per heavy atom. The summed E-state index contributed by atoms with van der Waals surface area (Å²) in [5.74, 6) is -0.0653. The molecule has 22 heavy (non-hydrogen) atoms. The van der Waals surface area contributed by atoms with Gasteiger partial charge in [-0.15, -0.1) is 11.3 Å². The van der Waals surface area contributed by atoms with Gasteiger partial charge in [-0.25, -0.2) is 0 Å². The molecule has 0 atom stereocenters. The van der Waals surface area contributed by atoms with Crippen molar-refractivity contribution < 1.29 is 4.79 Å². The van der Waals surface area contributed by atoms with E-state index in [1.54, 1.807) is 0 Å². The normalized spacial score (nSPS) is 15.4. The molecule has 1 aromatic heterocycles. The molecular weight excluding hydrogens is 360 g/mol. The van der Waals surface area contributed by atoms with Crippen LogP contribution >= 0.6 is 27.3 Å². The molecule has 1 aliphatic rings. The number of carbonyl (C=O) groups is 1. The van der Waals surface area contributed by atoms with Gasteiger partial charge in [0, 0.05) is 29.8 Å². The minimum atomic E-state index is -0.0653. The number of benzene rings is 1. The van der Waals surface area contributed by atoms with Crippen LogP contribution in [0.5, 0.6) is 0 Å². The number of carbonyl (C=O) groups excluding carboxylic acids is 1. The lowest BCUT2D eigenvalue weighted by molar-refractivity contribution is 0.102. The third-order valence-electron chi connectivity index (χ3n) is 3.93. The molecule has 1 aliphatic heterocycles. The summed E-state index contributed by atoms with van der Waals surface area (Å²) in [7, 11) is 0. The maximum absolute atomic E-state index is 12.1. The van der Waals surface area contributed by atoms with Gasteiger partial charge in [-0.3, -0.25) is 4.79 Å². The lowest BCUT2D eigenvalue weighted by Gasteiger charge is -2.22. The lowest BCUT2D eigenvalue weighted by Crippen LogP contribution is -2.23. The predicted molar refractivity (Wildman–Crippen MR) is 97.1 cm³/mol. The Hall–Kier alpha value is -1.33. The van der Waals surface area contributed by atoms with Gasteiger partial charge in [0.15, 0.2) is 0 Å². The van der Waals surface area contributed by atoms with Crippen molar-refractivity contribution in [2.75, 3.05) is 23.3 Å². The van der Waals surface area contributed by atoms with E-state index in [1.165, 1.54) is 42.7 Å². The molecule has 0 radical (unpaired) electrons. The van der Waals surface area contributed by atoms with E-state index in [4.69, 9.17) is 0 Å². The fourth-order valence-electron chi connectivity index (χ4n) is 2.72. The smallest absolute Gasteiger partial charge is 0.256 e. The van der Waals surface area contributed by atoms with Crippen molar-refractivity contribution in [2.45, 2.75) is 25.7 Å². The van der Waals surface area contributed by atoms with Crippen LogP contribution in [0, 0.1) is 0 Å². The van der Waals surface area contributed by atoms with Crippen molar-refractivity contribution in [3.05, 3.63) is 45.1 Å². The first kappa shape index (κ1) is 15.6. The average Bonchev–Trinajstić information content (AvgIpc) is 2.80. The molecule has 3 nitrogen and oxygen atoms in total. The highest BCUT2D eigenvalue weighted by Gasteiger charge is 2.11. The molecule has 1 amide bonds. The molecule has 2 aromatic rings. The summed E-state index contributed by atoms with van der Waals surface area (Å²) in [5.41, 5.74) is 2.78. The molecule has 1 fully saturated rings. The number of hydrogen-bond donors (Lipinski definition) is 1. The summed E-state index contributed by atoms with van der Waals surface area (Å²) in [6.45, 7) is 2.27. The maximum atomic E-state index is 12.1. The van der Waals surface area contributed by atoms with Crippen molar-refractivity contribution in [1.82, 2.24) is 0 Å². The minimum absolute atomic E-state index is 0.0653. The van der Waals surface area contributed by atoms with Crippen LogP contribution in [0.15, 0.2) is 39.5 Å². The van der Waals surface area contributed by atoms with Crippen LogP contribution in [0.2, 0.25) is 0 Å². The SMILES string of the molecule is O=C(Nc1ccc(N2CCCCCC2)cc1)c1csc(Br)c1. The maximum Gasteiger partial charge on any atom is 0.256 e. The molecule has 116 valence electrons. The van der Waals surface area contributed by atoms with Gasteiger partial charge < -0.3 is 10.2 Å². The first-order valence-corrected chi connectivity index (χ1v) is 9.30. The summed E-state index contributed by atoms with van der Waals surface area (Å²) in [4.78, 5) is 14.6. The molecule has 0 saturated carbocycles. The zero-order valence-corrected chi connectivity index (χ0v) is 14.8. The molecular formula is C17H19BrN2OS. The van der Waals surface area contributed by atoms with Crippen molar-refractivity contribution in [3.63, 3.8) is 0 Å². The standard InChI is InChI=1S/C17H19BrN2OS/c18-16-11-13(12-22-16)17(21)19-14-5-7-15(8-6-14)20-9-3-1-2-4-10-20/h5-8,11-12H,1-4,9-10H2,(H,19,21). The van der Waals surface area contributed by atoms with Crippen LogP contribution in [0.1, 0.15) is 36.0 Å². The van der Waals surface area contributed by atoms with Crippen molar-refractivity contribution in [2.24, 2.45) is 0 Å². The molecule has 0 spiro atoms. The summed E-state index contributed by atoms with van der Waals surface area (Å²) in [6.07, 6.45) is 5.21. The van der Waals surface area contributed by atoms with Crippen LogP contribution in [-0.4, -0.2) is 19.0 Å². The van der Waals surface area contributed by atoms with E-state index < -0.39 is 0 Å². The first-order chi connectivity index (χ1) is 10.7. The van der Waals surface area contributed by atoms with Gasteiger partial charge in [0.05, 0.1) is 9.35 Å². The number of amides is 1. The Kier molecular flexibility index (Phi) is 5.16. The Balaban J connectivity index is 1.64. The highest BCUT2D eigenvalue weighted by atomic mass is 79.9. The van der Waals surface area contributed by atoms with Gasteiger partial charge in [0.2, 0.25) is 0 Å². The van der Waals surface area contributed by atoms with Crippen molar-refractivity contribution in [1.29, 1.82) is 0 Å². The second-order valence-electron chi connectivity index (χ2n) is 5.54. The average molecular weight is 379 g/mol. The molecule has 0 unspecified atom stereocenters. The molecule has 2 heterocycles. The topological polar surface area (TPSA) is 32.3 Å². The number of nitrogens with one attached hydrogen (secondary N) is 1. The number of nitrogens with zero attached hydrogens (tertiary/aromatic N) is 1. The largest absolute Gasteiger partial charge is 0.372 e. The van der Waals surface area contributed by atoms with Crippen molar-refractivity contribution >= 4 is 44.5 Å².